The summed E-state index contributed by atoms with van der Waals surface area (Å²) in [6, 6.07) is 10.2. The van der Waals surface area contributed by atoms with Crippen LogP contribution >= 0.6 is 0 Å². The van der Waals surface area contributed by atoms with Gasteiger partial charge in [-0.05, 0) is 38.9 Å². The summed E-state index contributed by atoms with van der Waals surface area (Å²) in [6.07, 6.45) is 1.28. The van der Waals surface area contributed by atoms with Gasteiger partial charge in [-0.15, -0.1) is 0 Å². The molecule has 1 aliphatic rings. The fraction of sp³-hybridized carbons (Fsp3) is 0.600. The smallest absolute Gasteiger partial charge is 0.0323 e. The second kappa shape index (κ2) is 5.65. The van der Waals surface area contributed by atoms with E-state index in [1.54, 1.807) is 0 Å². The van der Waals surface area contributed by atoms with Crippen LogP contribution in [0.15, 0.2) is 24.3 Å². The molecule has 2 unspecified atom stereocenters. The Morgan fingerprint density at radius 2 is 2.06 bits per heavy atom. The maximum atomic E-state index is 3.46. The van der Waals surface area contributed by atoms with E-state index in [1.165, 1.54) is 24.1 Å². The van der Waals surface area contributed by atoms with Crippen molar-refractivity contribution in [2.45, 2.75) is 39.3 Å². The minimum atomic E-state index is 0.519. The number of nitrogens with one attached hydrogen (secondary N) is 1. The van der Waals surface area contributed by atoms with Gasteiger partial charge in [0.1, 0.15) is 0 Å². The van der Waals surface area contributed by atoms with Crippen molar-refractivity contribution in [1.82, 2.24) is 10.2 Å². The molecule has 2 atom stereocenters. The van der Waals surface area contributed by atoms with E-state index in [2.05, 4.69) is 55.3 Å². The third-order valence-corrected chi connectivity index (χ3v) is 3.93. The number of aryl methyl sites for hydroxylation is 1. The molecule has 1 N–H and O–H groups in total. The van der Waals surface area contributed by atoms with Gasteiger partial charge in [-0.2, -0.15) is 0 Å². The maximum Gasteiger partial charge on any atom is 0.0323 e. The highest BCUT2D eigenvalue weighted by atomic mass is 15.2. The summed E-state index contributed by atoms with van der Waals surface area (Å²) in [6.45, 7) is 10.2. The fourth-order valence-electron chi connectivity index (χ4n) is 2.81. The van der Waals surface area contributed by atoms with Gasteiger partial charge < -0.3 is 5.32 Å². The second-order valence-electron chi connectivity index (χ2n) is 5.06. The minimum Gasteiger partial charge on any atom is -0.315 e. The Balaban J connectivity index is 2.10. The summed E-state index contributed by atoms with van der Waals surface area (Å²) in [4.78, 5) is 2.62. The van der Waals surface area contributed by atoms with Gasteiger partial charge in [-0.1, -0.05) is 36.8 Å². The van der Waals surface area contributed by atoms with Crippen LogP contribution < -0.4 is 5.32 Å². The lowest BCUT2D eigenvalue weighted by Gasteiger charge is -2.33. The average molecular weight is 232 g/mol. The Hall–Kier alpha value is -0.860. The zero-order valence-electron chi connectivity index (χ0n) is 11.2. The van der Waals surface area contributed by atoms with Crippen molar-refractivity contribution in [1.29, 1.82) is 0 Å². The largest absolute Gasteiger partial charge is 0.315 e. The minimum absolute atomic E-state index is 0.519. The molecular weight excluding hydrogens is 208 g/mol. The van der Waals surface area contributed by atoms with E-state index >= 15 is 0 Å². The van der Waals surface area contributed by atoms with Crippen LogP contribution in [0.1, 0.15) is 37.4 Å². The van der Waals surface area contributed by atoms with Crippen LogP contribution in [-0.2, 0) is 0 Å². The molecule has 1 aromatic rings. The molecule has 0 amide bonds. The van der Waals surface area contributed by atoms with Crippen LogP contribution in [0.4, 0.5) is 0 Å². The van der Waals surface area contributed by atoms with E-state index in [9.17, 15) is 0 Å². The van der Waals surface area contributed by atoms with E-state index in [1.807, 2.05) is 0 Å². The van der Waals surface area contributed by atoms with Gasteiger partial charge in [0.15, 0.2) is 0 Å². The van der Waals surface area contributed by atoms with Crippen LogP contribution in [0.2, 0.25) is 0 Å². The number of nitrogens with zero attached hydrogens (tertiary/aromatic N) is 1. The molecular formula is C15H24N2. The zero-order valence-corrected chi connectivity index (χ0v) is 11.2. The van der Waals surface area contributed by atoms with Crippen molar-refractivity contribution in [2.75, 3.05) is 19.6 Å². The molecule has 0 aliphatic carbocycles. The molecule has 2 rings (SSSR count). The van der Waals surface area contributed by atoms with Crippen molar-refractivity contribution in [2.24, 2.45) is 0 Å². The summed E-state index contributed by atoms with van der Waals surface area (Å²) >= 11 is 0. The van der Waals surface area contributed by atoms with Crippen molar-refractivity contribution in [3.63, 3.8) is 0 Å². The van der Waals surface area contributed by atoms with Crippen molar-refractivity contribution in [3.8, 4) is 0 Å². The standard InChI is InChI=1S/C15H24N2/c1-4-17(15-9-10-16-11-15)13(3)14-7-5-12(2)6-8-14/h5-8,13,15-16H,4,9-11H2,1-3H3. The first kappa shape index (κ1) is 12.6. The fourth-order valence-corrected chi connectivity index (χ4v) is 2.81. The lowest BCUT2D eigenvalue weighted by atomic mass is 10.0. The number of benzene rings is 1. The quantitative estimate of drug-likeness (QED) is 0.858. The molecule has 1 saturated heterocycles. The zero-order chi connectivity index (χ0) is 12.3. The van der Waals surface area contributed by atoms with Crippen LogP contribution in [0, 0.1) is 6.92 Å². The summed E-state index contributed by atoms with van der Waals surface area (Å²) < 4.78 is 0. The normalized spacial score (nSPS) is 22.0. The Morgan fingerprint density at radius 1 is 1.35 bits per heavy atom. The highest BCUT2D eigenvalue weighted by molar-refractivity contribution is 5.24. The van der Waals surface area contributed by atoms with Gasteiger partial charge in [-0.25, -0.2) is 0 Å². The van der Waals surface area contributed by atoms with Gasteiger partial charge >= 0.3 is 0 Å². The van der Waals surface area contributed by atoms with Gasteiger partial charge in [0.25, 0.3) is 0 Å². The molecule has 1 heterocycles. The second-order valence-corrected chi connectivity index (χ2v) is 5.06. The predicted octanol–water partition coefficient (Wildman–Crippen LogP) is 2.74. The van der Waals surface area contributed by atoms with Crippen LogP contribution in [0.5, 0.6) is 0 Å². The lowest BCUT2D eigenvalue weighted by Crippen LogP contribution is -2.38. The van der Waals surface area contributed by atoms with Crippen molar-refractivity contribution in [3.05, 3.63) is 35.4 Å². The SMILES string of the molecule is CCN(C1CCNC1)C(C)c1ccc(C)cc1. The van der Waals surface area contributed by atoms with Gasteiger partial charge in [-0.3, -0.25) is 4.90 Å². The highest BCUT2D eigenvalue weighted by Gasteiger charge is 2.25. The van der Waals surface area contributed by atoms with E-state index < -0.39 is 0 Å². The third-order valence-electron chi connectivity index (χ3n) is 3.93. The lowest BCUT2D eigenvalue weighted by molar-refractivity contribution is 0.163. The van der Waals surface area contributed by atoms with Gasteiger partial charge in [0, 0.05) is 18.6 Å². The van der Waals surface area contributed by atoms with E-state index in [-0.39, 0.29) is 0 Å². The first-order valence-electron chi connectivity index (χ1n) is 6.75. The number of hydrogen-bond acceptors (Lipinski definition) is 2. The highest BCUT2D eigenvalue weighted by Crippen LogP contribution is 2.24. The Labute approximate surface area is 105 Å². The summed E-state index contributed by atoms with van der Waals surface area (Å²) in [5.74, 6) is 0. The van der Waals surface area contributed by atoms with Crippen LogP contribution in [-0.4, -0.2) is 30.6 Å². The molecule has 2 heteroatoms. The van der Waals surface area contributed by atoms with Crippen molar-refractivity contribution < 1.29 is 0 Å². The van der Waals surface area contributed by atoms with Crippen LogP contribution in [0.3, 0.4) is 0 Å². The average Bonchev–Trinajstić information content (AvgIpc) is 2.84. The molecule has 1 aliphatic heterocycles. The maximum absolute atomic E-state index is 3.46. The summed E-state index contributed by atoms with van der Waals surface area (Å²) in [5, 5.41) is 3.46. The predicted molar refractivity (Wildman–Crippen MR) is 73.2 cm³/mol. The molecule has 0 spiro atoms. The number of hydrogen-bond donors (Lipinski definition) is 1. The van der Waals surface area contributed by atoms with Gasteiger partial charge in [0.2, 0.25) is 0 Å². The first-order chi connectivity index (χ1) is 8.22. The summed E-state index contributed by atoms with van der Waals surface area (Å²) in [7, 11) is 0. The summed E-state index contributed by atoms with van der Waals surface area (Å²) in [5.41, 5.74) is 2.77. The van der Waals surface area contributed by atoms with Gasteiger partial charge in [0.05, 0.1) is 0 Å². The molecule has 0 radical (unpaired) electrons. The molecule has 0 bridgehead atoms. The molecule has 2 nitrogen and oxygen atoms in total. The van der Waals surface area contributed by atoms with Crippen LogP contribution in [0.25, 0.3) is 0 Å². The van der Waals surface area contributed by atoms with E-state index in [4.69, 9.17) is 0 Å². The molecule has 1 fully saturated rings. The topological polar surface area (TPSA) is 15.3 Å². The first-order valence-corrected chi connectivity index (χ1v) is 6.75. The molecule has 0 saturated carbocycles. The van der Waals surface area contributed by atoms with E-state index in [0.717, 1.165) is 13.1 Å². The third kappa shape index (κ3) is 2.88. The molecule has 94 valence electrons. The molecule has 0 aromatic heterocycles. The number of rotatable bonds is 4. The number of likely N-dealkylation sites (N-methyl/N-ethyl adjacent to an activating group) is 1. The molecule has 1 aromatic carbocycles. The van der Waals surface area contributed by atoms with Crippen molar-refractivity contribution >= 4 is 0 Å². The monoisotopic (exact) mass is 232 g/mol. The Morgan fingerprint density at radius 3 is 2.59 bits per heavy atom. The molecule has 17 heavy (non-hydrogen) atoms. The van der Waals surface area contributed by atoms with E-state index in [0.29, 0.717) is 12.1 Å². The Kier molecular flexibility index (Phi) is 4.19. The Bertz CT molecular complexity index is 338.